The monoisotopic (exact) mass is 379 g/mol. The average Bonchev–Trinajstić information content (AvgIpc) is 3.13. The summed E-state index contributed by atoms with van der Waals surface area (Å²) in [5.41, 5.74) is 4.69. The molecule has 0 bridgehead atoms. The Balaban J connectivity index is 1.26. The maximum atomic E-state index is 11.8. The van der Waals surface area contributed by atoms with Crippen LogP contribution in [0.1, 0.15) is 24.8 Å². The van der Waals surface area contributed by atoms with E-state index in [1.807, 2.05) is 12.3 Å². The summed E-state index contributed by atoms with van der Waals surface area (Å²) in [5, 5.41) is 3.46. The number of nitrogens with zero attached hydrogens (tertiary/aromatic N) is 2. The van der Waals surface area contributed by atoms with Crippen molar-refractivity contribution in [3.63, 3.8) is 0 Å². The molecule has 5 nitrogen and oxygen atoms in total. The minimum Gasteiger partial charge on any atom is -0.462 e. The van der Waals surface area contributed by atoms with Gasteiger partial charge in [0.15, 0.2) is 0 Å². The summed E-state index contributed by atoms with van der Waals surface area (Å²) in [7, 11) is 0. The molecular weight excluding hydrogens is 358 g/mol. The highest BCUT2D eigenvalue weighted by molar-refractivity contribution is 7.99. The molecule has 27 heavy (non-hydrogen) atoms. The van der Waals surface area contributed by atoms with E-state index < -0.39 is 0 Å². The number of hydrogen-bond donors (Lipinski definition) is 1. The number of anilines is 2. The van der Waals surface area contributed by atoms with Crippen LogP contribution in [0, 0.1) is 0 Å². The van der Waals surface area contributed by atoms with Gasteiger partial charge >= 0.3 is 5.97 Å². The van der Waals surface area contributed by atoms with Crippen molar-refractivity contribution >= 4 is 29.2 Å². The van der Waals surface area contributed by atoms with Gasteiger partial charge in [-0.3, -0.25) is 4.90 Å². The average molecular weight is 379 g/mol. The predicted octanol–water partition coefficient (Wildman–Crippen LogP) is 4.13. The normalized spacial score (nSPS) is 19.3. The molecule has 0 saturated carbocycles. The number of esters is 1. The molecule has 3 aliphatic rings. The van der Waals surface area contributed by atoms with Crippen molar-refractivity contribution in [2.75, 3.05) is 25.0 Å². The van der Waals surface area contributed by atoms with Gasteiger partial charge in [-0.25, -0.2) is 9.78 Å². The lowest BCUT2D eigenvalue weighted by atomic mass is 9.96. The summed E-state index contributed by atoms with van der Waals surface area (Å²) in [6.45, 7) is 3.48. The Morgan fingerprint density at radius 3 is 2.85 bits per heavy atom. The van der Waals surface area contributed by atoms with Crippen LogP contribution in [0.3, 0.4) is 0 Å². The molecule has 1 N–H and O–H groups in total. The highest BCUT2D eigenvalue weighted by Gasteiger charge is 2.25. The second kappa shape index (κ2) is 7.02. The Morgan fingerprint density at radius 2 is 2.04 bits per heavy atom. The van der Waals surface area contributed by atoms with Gasteiger partial charge in [-0.2, -0.15) is 0 Å². The standard InChI is InChI=1S/C21H21N3O2S/c25-21-16(7-11-26-21)15-5-9-24(10-6-15)13-14-3-4-18-17(12-14)23-20-19(27-18)2-1-8-22-20/h1-4,8,12H,5-7,9-11,13H2,(H,22,23). The molecule has 2 saturated heterocycles. The van der Waals surface area contributed by atoms with Crippen LogP contribution in [0.2, 0.25) is 0 Å². The van der Waals surface area contributed by atoms with Crippen LogP contribution in [-0.4, -0.2) is 35.5 Å². The first kappa shape index (κ1) is 16.8. The number of ether oxygens (including phenoxy) is 1. The number of likely N-dealkylation sites (tertiary alicyclic amines) is 1. The maximum absolute atomic E-state index is 11.8. The molecule has 0 atom stereocenters. The molecular formula is C21H21N3O2S. The minimum absolute atomic E-state index is 0.0920. The van der Waals surface area contributed by atoms with E-state index in [1.165, 1.54) is 20.9 Å². The van der Waals surface area contributed by atoms with Crippen molar-refractivity contribution in [3.8, 4) is 0 Å². The molecule has 2 fully saturated rings. The number of piperidine rings is 1. The zero-order valence-corrected chi connectivity index (χ0v) is 15.8. The molecule has 0 aliphatic carbocycles. The molecule has 5 rings (SSSR count). The lowest BCUT2D eigenvalue weighted by Gasteiger charge is -2.29. The molecule has 1 aromatic heterocycles. The molecule has 138 valence electrons. The lowest BCUT2D eigenvalue weighted by Crippen LogP contribution is -2.31. The lowest BCUT2D eigenvalue weighted by molar-refractivity contribution is -0.135. The van der Waals surface area contributed by atoms with Crippen LogP contribution in [0.4, 0.5) is 11.5 Å². The number of rotatable bonds is 2. The summed E-state index contributed by atoms with van der Waals surface area (Å²) in [4.78, 5) is 21.1. The van der Waals surface area contributed by atoms with E-state index in [0.29, 0.717) is 6.61 Å². The van der Waals surface area contributed by atoms with E-state index in [4.69, 9.17) is 4.74 Å². The Morgan fingerprint density at radius 1 is 1.15 bits per heavy atom. The number of aromatic nitrogens is 1. The van der Waals surface area contributed by atoms with Crippen molar-refractivity contribution < 1.29 is 9.53 Å². The Bertz CT molecular complexity index is 931. The summed E-state index contributed by atoms with van der Waals surface area (Å²) < 4.78 is 5.09. The Kier molecular flexibility index (Phi) is 4.38. The number of pyridine rings is 1. The molecule has 0 amide bonds. The second-order valence-corrected chi connectivity index (χ2v) is 8.24. The van der Waals surface area contributed by atoms with Crippen LogP contribution in [-0.2, 0) is 16.1 Å². The Hall–Kier alpha value is -2.31. The summed E-state index contributed by atoms with van der Waals surface area (Å²) >= 11 is 1.76. The van der Waals surface area contributed by atoms with Crippen LogP contribution >= 0.6 is 11.8 Å². The minimum atomic E-state index is -0.0920. The van der Waals surface area contributed by atoms with Crippen molar-refractivity contribution in [2.24, 2.45) is 0 Å². The number of hydrogen-bond acceptors (Lipinski definition) is 6. The first-order valence-electron chi connectivity index (χ1n) is 9.39. The molecule has 2 aromatic rings. The van der Waals surface area contributed by atoms with Gasteiger partial charge in [0, 0.05) is 42.7 Å². The molecule has 0 radical (unpaired) electrons. The van der Waals surface area contributed by atoms with Gasteiger partial charge in [-0.15, -0.1) is 0 Å². The fraction of sp³-hybridized carbons (Fsp3) is 0.333. The van der Waals surface area contributed by atoms with E-state index in [1.54, 1.807) is 11.8 Å². The topological polar surface area (TPSA) is 54.5 Å². The zero-order chi connectivity index (χ0) is 18.2. The third-order valence-corrected chi connectivity index (χ3v) is 6.54. The largest absolute Gasteiger partial charge is 0.462 e. The first-order chi connectivity index (χ1) is 13.3. The van der Waals surface area contributed by atoms with Gasteiger partial charge in [0.05, 0.1) is 17.2 Å². The first-order valence-corrected chi connectivity index (χ1v) is 10.2. The van der Waals surface area contributed by atoms with Crippen LogP contribution in [0.15, 0.2) is 57.5 Å². The smallest absolute Gasteiger partial charge is 0.334 e. The zero-order valence-electron chi connectivity index (χ0n) is 15.0. The predicted molar refractivity (Wildman–Crippen MR) is 105 cm³/mol. The number of carbonyl (C=O) groups excluding carboxylic acids is 1. The van der Waals surface area contributed by atoms with Crippen molar-refractivity contribution in [2.45, 2.75) is 35.6 Å². The van der Waals surface area contributed by atoms with E-state index in [-0.39, 0.29) is 5.97 Å². The molecule has 3 aliphatic heterocycles. The third-order valence-electron chi connectivity index (χ3n) is 5.41. The maximum Gasteiger partial charge on any atom is 0.334 e. The Labute approximate surface area is 162 Å². The summed E-state index contributed by atoms with van der Waals surface area (Å²) in [6.07, 6.45) is 4.56. The van der Waals surface area contributed by atoms with Gasteiger partial charge in [0.25, 0.3) is 0 Å². The van der Waals surface area contributed by atoms with Gasteiger partial charge in [0.2, 0.25) is 0 Å². The third kappa shape index (κ3) is 3.35. The highest BCUT2D eigenvalue weighted by Crippen LogP contribution is 2.43. The van der Waals surface area contributed by atoms with Gasteiger partial charge in [-0.05, 0) is 42.7 Å². The van der Waals surface area contributed by atoms with E-state index in [2.05, 4.69) is 39.5 Å². The molecule has 0 unspecified atom stereocenters. The van der Waals surface area contributed by atoms with Crippen LogP contribution < -0.4 is 5.32 Å². The number of benzene rings is 1. The molecule has 0 spiro atoms. The van der Waals surface area contributed by atoms with Crippen LogP contribution in [0.25, 0.3) is 0 Å². The van der Waals surface area contributed by atoms with E-state index in [0.717, 1.165) is 56.0 Å². The molecule has 4 heterocycles. The highest BCUT2D eigenvalue weighted by atomic mass is 32.2. The van der Waals surface area contributed by atoms with Crippen molar-refractivity contribution in [3.05, 3.63) is 53.2 Å². The van der Waals surface area contributed by atoms with E-state index in [9.17, 15) is 4.79 Å². The van der Waals surface area contributed by atoms with Crippen molar-refractivity contribution in [1.29, 1.82) is 0 Å². The molecule has 1 aromatic carbocycles. The number of carbonyl (C=O) groups is 1. The summed E-state index contributed by atoms with van der Waals surface area (Å²) in [6, 6.07) is 10.7. The summed E-state index contributed by atoms with van der Waals surface area (Å²) in [5.74, 6) is 0.843. The second-order valence-electron chi connectivity index (χ2n) is 7.15. The van der Waals surface area contributed by atoms with Gasteiger partial charge in [0.1, 0.15) is 5.82 Å². The van der Waals surface area contributed by atoms with Crippen molar-refractivity contribution in [1.82, 2.24) is 9.88 Å². The fourth-order valence-electron chi connectivity index (χ4n) is 3.97. The SMILES string of the molecule is O=C1OCCC1=C1CCN(Cc2ccc3c(c2)Nc2ncccc2S3)CC1. The van der Waals surface area contributed by atoms with Gasteiger partial charge in [-0.1, -0.05) is 23.4 Å². The van der Waals surface area contributed by atoms with Gasteiger partial charge < -0.3 is 10.1 Å². The fourth-order valence-corrected chi connectivity index (χ4v) is 4.91. The quantitative estimate of drug-likeness (QED) is 0.534. The number of nitrogens with one attached hydrogen (secondary N) is 1. The van der Waals surface area contributed by atoms with Crippen LogP contribution in [0.5, 0.6) is 0 Å². The number of fused-ring (bicyclic) bond motifs is 2. The van der Waals surface area contributed by atoms with E-state index >= 15 is 0 Å². The molecule has 6 heteroatoms. The number of cyclic esters (lactones) is 1.